The Morgan fingerprint density at radius 2 is 1.56 bits per heavy atom. The molecule has 4 aromatic carbocycles. The van der Waals surface area contributed by atoms with Gasteiger partial charge in [0.05, 0.1) is 0 Å². The highest BCUT2D eigenvalue weighted by molar-refractivity contribution is 5.94. The second-order valence-corrected chi connectivity index (χ2v) is 8.23. The zero-order valence-electron chi connectivity index (χ0n) is 19.0. The first-order valence-electron chi connectivity index (χ1n) is 11.1. The maximum absolute atomic E-state index is 12.4. The van der Waals surface area contributed by atoms with E-state index in [1.54, 1.807) is 12.1 Å². The standard InChI is InChI=1S/C29H24N2O3/c1-19-8-14-25(16-20(19)2)33-18-28(32)30-24-13-15-27-26(17-24)31-29(34-27)23-11-9-22(10-12-23)21-6-4-3-5-7-21/h3-17H,18H2,1-2H3,(H,30,32). The summed E-state index contributed by atoms with van der Waals surface area (Å²) >= 11 is 0. The third-order valence-electron chi connectivity index (χ3n) is 5.76. The number of carbonyl (C=O) groups is 1. The first kappa shape index (κ1) is 21.5. The van der Waals surface area contributed by atoms with Crippen LogP contribution in [0.2, 0.25) is 0 Å². The van der Waals surface area contributed by atoms with E-state index < -0.39 is 0 Å². The molecule has 0 fully saturated rings. The van der Waals surface area contributed by atoms with E-state index in [4.69, 9.17) is 9.15 Å². The minimum Gasteiger partial charge on any atom is -0.484 e. The lowest BCUT2D eigenvalue weighted by atomic mass is 10.0. The number of ether oxygens (including phenoxy) is 1. The molecule has 168 valence electrons. The summed E-state index contributed by atoms with van der Waals surface area (Å²) in [5.74, 6) is 0.974. The van der Waals surface area contributed by atoms with Crippen LogP contribution < -0.4 is 10.1 Å². The maximum atomic E-state index is 12.4. The summed E-state index contributed by atoms with van der Waals surface area (Å²) in [5.41, 5.74) is 7.47. The van der Waals surface area contributed by atoms with Crippen LogP contribution in [0.3, 0.4) is 0 Å². The molecule has 0 aliphatic carbocycles. The van der Waals surface area contributed by atoms with Gasteiger partial charge >= 0.3 is 0 Å². The Balaban J connectivity index is 1.27. The molecule has 0 bridgehead atoms. The van der Waals surface area contributed by atoms with Crippen molar-refractivity contribution in [1.29, 1.82) is 0 Å². The number of hydrogen-bond donors (Lipinski definition) is 1. The van der Waals surface area contributed by atoms with Gasteiger partial charge in [-0.05, 0) is 78.6 Å². The Kier molecular flexibility index (Phi) is 5.83. The van der Waals surface area contributed by atoms with E-state index in [1.165, 1.54) is 5.56 Å². The van der Waals surface area contributed by atoms with E-state index in [1.807, 2.05) is 68.4 Å². The van der Waals surface area contributed by atoms with E-state index in [-0.39, 0.29) is 12.5 Å². The van der Waals surface area contributed by atoms with Gasteiger partial charge in [-0.15, -0.1) is 0 Å². The summed E-state index contributed by atoms with van der Waals surface area (Å²) in [7, 11) is 0. The molecule has 0 aliphatic rings. The van der Waals surface area contributed by atoms with Gasteiger partial charge in [-0.25, -0.2) is 4.98 Å². The Morgan fingerprint density at radius 1 is 0.824 bits per heavy atom. The number of benzene rings is 4. The van der Waals surface area contributed by atoms with E-state index in [0.29, 0.717) is 28.4 Å². The number of hydrogen-bond acceptors (Lipinski definition) is 4. The summed E-state index contributed by atoms with van der Waals surface area (Å²) in [6.07, 6.45) is 0. The number of carbonyl (C=O) groups excluding carboxylic acids is 1. The topological polar surface area (TPSA) is 64.4 Å². The minimum atomic E-state index is -0.238. The zero-order valence-corrected chi connectivity index (χ0v) is 19.0. The molecule has 0 radical (unpaired) electrons. The minimum absolute atomic E-state index is 0.0711. The number of anilines is 1. The summed E-state index contributed by atoms with van der Waals surface area (Å²) in [6, 6.07) is 29.5. The zero-order chi connectivity index (χ0) is 23.5. The van der Waals surface area contributed by atoms with Gasteiger partial charge in [-0.2, -0.15) is 0 Å². The molecule has 1 amide bonds. The van der Waals surface area contributed by atoms with Gasteiger partial charge in [0.15, 0.2) is 12.2 Å². The van der Waals surface area contributed by atoms with E-state index in [2.05, 4.69) is 34.6 Å². The number of fused-ring (bicyclic) bond motifs is 1. The summed E-state index contributed by atoms with van der Waals surface area (Å²) in [6.45, 7) is 3.98. The Bertz CT molecular complexity index is 1450. The second-order valence-electron chi connectivity index (χ2n) is 8.23. The highest BCUT2D eigenvalue weighted by atomic mass is 16.5. The monoisotopic (exact) mass is 448 g/mol. The van der Waals surface area contributed by atoms with Crippen molar-refractivity contribution in [1.82, 2.24) is 4.98 Å². The maximum Gasteiger partial charge on any atom is 0.262 e. The molecular weight excluding hydrogens is 424 g/mol. The van der Waals surface area contributed by atoms with Crippen LogP contribution in [0.15, 0.2) is 95.4 Å². The second kappa shape index (κ2) is 9.24. The number of amides is 1. The van der Waals surface area contributed by atoms with Crippen molar-refractivity contribution in [2.45, 2.75) is 13.8 Å². The van der Waals surface area contributed by atoms with Gasteiger partial charge in [0.25, 0.3) is 5.91 Å². The molecule has 0 unspecified atom stereocenters. The van der Waals surface area contributed by atoms with Crippen LogP contribution >= 0.6 is 0 Å². The van der Waals surface area contributed by atoms with Crippen molar-refractivity contribution in [2.24, 2.45) is 0 Å². The summed E-state index contributed by atoms with van der Waals surface area (Å²) in [4.78, 5) is 17.0. The highest BCUT2D eigenvalue weighted by Crippen LogP contribution is 2.28. The molecule has 5 nitrogen and oxygen atoms in total. The first-order chi connectivity index (χ1) is 16.5. The third kappa shape index (κ3) is 4.69. The van der Waals surface area contributed by atoms with Crippen LogP contribution in [0, 0.1) is 13.8 Å². The lowest BCUT2D eigenvalue weighted by molar-refractivity contribution is -0.118. The van der Waals surface area contributed by atoms with Crippen molar-refractivity contribution < 1.29 is 13.9 Å². The molecule has 5 aromatic rings. The van der Waals surface area contributed by atoms with Crippen molar-refractivity contribution >= 4 is 22.7 Å². The van der Waals surface area contributed by atoms with E-state index in [9.17, 15) is 4.79 Å². The molecule has 5 heteroatoms. The van der Waals surface area contributed by atoms with E-state index >= 15 is 0 Å². The molecule has 1 heterocycles. The quantitative estimate of drug-likeness (QED) is 0.310. The van der Waals surface area contributed by atoms with Crippen molar-refractivity contribution in [3.05, 3.63) is 102 Å². The molecule has 5 rings (SSSR count). The smallest absolute Gasteiger partial charge is 0.262 e. The van der Waals surface area contributed by atoms with Gasteiger partial charge < -0.3 is 14.5 Å². The molecule has 0 spiro atoms. The third-order valence-corrected chi connectivity index (χ3v) is 5.76. The van der Waals surface area contributed by atoms with Crippen LogP contribution in [-0.4, -0.2) is 17.5 Å². The van der Waals surface area contributed by atoms with Crippen molar-refractivity contribution in [2.75, 3.05) is 11.9 Å². The van der Waals surface area contributed by atoms with Gasteiger partial charge in [0.1, 0.15) is 11.3 Å². The number of aryl methyl sites for hydroxylation is 2. The van der Waals surface area contributed by atoms with Crippen LogP contribution in [0.4, 0.5) is 5.69 Å². The fraction of sp³-hybridized carbons (Fsp3) is 0.103. The molecule has 0 atom stereocenters. The lowest BCUT2D eigenvalue weighted by Crippen LogP contribution is -2.20. The fourth-order valence-corrected chi connectivity index (χ4v) is 3.71. The van der Waals surface area contributed by atoms with Gasteiger partial charge in [0.2, 0.25) is 5.89 Å². The predicted molar refractivity (Wildman–Crippen MR) is 135 cm³/mol. The Morgan fingerprint density at radius 3 is 2.32 bits per heavy atom. The van der Waals surface area contributed by atoms with Gasteiger partial charge in [0, 0.05) is 11.3 Å². The number of rotatable bonds is 6. The van der Waals surface area contributed by atoms with Crippen LogP contribution in [0.25, 0.3) is 33.7 Å². The molecule has 0 aliphatic heterocycles. The van der Waals surface area contributed by atoms with Gasteiger partial charge in [-0.1, -0.05) is 48.5 Å². The number of nitrogens with zero attached hydrogens (tertiary/aromatic N) is 1. The van der Waals surface area contributed by atoms with Crippen molar-refractivity contribution in [3.8, 4) is 28.3 Å². The fourth-order valence-electron chi connectivity index (χ4n) is 3.71. The summed E-state index contributed by atoms with van der Waals surface area (Å²) < 4.78 is 11.6. The first-order valence-corrected chi connectivity index (χ1v) is 11.1. The Hall–Kier alpha value is -4.38. The summed E-state index contributed by atoms with van der Waals surface area (Å²) in [5, 5.41) is 2.86. The molecule has 1 aromatic heterocycles. The van der Waals surface area contributed by atoms with Gasteiger partial charge in [-0.3, -0.25) is 4.79 Å². The molecule has 0 saturated carbocycles. The average molecular weight is 449 g/mol. The predicted octanol–water partition coefficient (Wildman–Crippen LogP) is 6.80. The van der Waals surface area contributed by atoms with Crippen LogP contribution in [0.1, 0.15) is 11.1 Å². The number of oxazole rings is 1. The van der Waals surface area contributed by atoms with Crippen LogP contribution in [-0.2, 0) is 4.79 Å². The molecule has 0 saturated heterocycles. The van der Waals surface area contributed by atoms with Crippen LogP contribution in [0.5, 0.6) is 5.75 Å². The normalized spacial score (nSPS) is 10.9. The average Bonchev–Trinajstić information content (AvgIpc) is 3.29. The molecule has 1 N–H and O–H groups in total. The SMILES string of the molecule is Cc1ccc(OCC(=O)Nc2ccc3oc(-c4ccc(-c5ccccc5)cc4)nc3c2)cc1C. The molecular formula is C29H24N2O3. The number of nitrogens with one attached hydrogen (secondary N) is 1. The highest BCUT2D eigenvalue weighted by Gasteiger charge is 2.11. The lowest BCUT2D eigenvalue weighted by Gasteiger charge is -2.09. The Labute approximate surface area is 198 Å². The number of aromatic nitrogens is 1. The van der Waals surface area contributed by atoms with E-state index in [0.717, 1.165) is 22.3 Å². The van der Waals surface area contributed by atoms with Crippen molar-refractivity contribution in [3.63, 3.8) is 0 Å². The largest absolute Gasteiger partial charge is 0.484 e. The molecule has 34 heavy (non-hydrogen) atoms.